The van der Waals surface area contributed by atoms with Crippen molar-refractivity contribution >= 4 is 21.9 Å². The number of nitrogens with zero attached hydrogens (tertiary/aromatic N) is 5. The molecule has 5 nitrogen and oxygen atoms in total. The van der Waals surface area contributed by atoms with Gasteiger partial charge in [-0.25, -0.2) is 19.9 Å². The van der Waals surface area contributed by atoms with Crippen LogP contribution in [0.5, 0.6) is 0 Å². The van der Waals surface area contributed by atoms with Gasteiger partial charge >= 0.3 is 0 Å². The Kier molecular flexibility index (Phi) is 6.77. The van der Waals surface area contributed by atoms with Gasteiger partial charge in [0.15, 0.2) is 17.5 Å². The number of hydrogen-bond donors (Lipinski definition) is 0. The molecule has 0 amide bonds. The molecule has 0 bridgehead atoms. The molecule has 10 rings (SSSR count). The molecule has 9 aromatic rings. The first-order valence-corrected chi connectivity index (χ1v) is 17.7. The topological polar surface area (TPSA) is 56.5 Å². The predicted octanol–water partition coefficient (Wildman–Crippen LogP) is 11.3. The van der Waals surface area contributed by atoms with Crippen molar-refractivity contribution in [2.45, 2.75) is 19.3 Å². The number of benzene rings is 6. The molecule has 0 spiro atoms. The van der Waals surface area contributed by atoms with Crippen LogP contribution in [0.4, 0.5) is 0 Å². The lowest BCUT2D eigenvalue weighted by atomic mass is 9.82. The molecular weight excluding hydrogens is 635 g/mol. The number of fused-ring (bicyclic) bond motifs is 6. The van der Waals surface area contributed by atoms with Gasteiger partial charge in [0.2, 0.25) is 0 Å². The van der Waals surface area contributed by atoms with Gasteiger partial charge in [-0.2, -0.15) is 0 Å². The third kappa shape index (κ3) is 4.63. The lowest BCUT2D eigenvalue weighted by Crippen LogP contribution is -2.15. The highest BCUT2D eigenvalue weighted by molar-refractivity contribution is 6.08. The van der Waals surface area contributed by atoms with Crippen molar-refractivity contribution in [1.82, 2.24) is 24.5 Å². The molecule has 3 heterocycles. The van der Waals surface area contributed by atoms with Crippen molar-refractivity contribution < 1.29 is 0 Å². The van der Waals surface area contributed by atoms with E-state index in [-0.39, 0.29) is 5.41 Å². The summed E-state index contributed by atoms with van der Waals surface area (Å²) in [5.41, 5.74) is 12.9. The second-order valence-corrected chi connectivity index (χ2v) is 13.9. The molecule has 6 aromatic carbocycles. The van der Waals surface area contributed by atoms with Crippen LogP contribution in [0, 0.1) is 0 Å². The van der Waals surface area contributed by atoms with Crippen molar-refractivity contribution in [3.05, 3.63) is 175 Å². The maximum Gasteiger partial charge on any atom is 0.164 e. The second kappa shape index (κ2) is 11.7. The molecule has 0 atom stereocenters. The molecule has 0 saturated heterocycles. The third-order valence-electron chi connectivity index (χ3n) is 10.5. The van der Waals surface area contributed by atoms with Crippen LogP contribution in [0.3, 0.4) is 0 Å². The summed E-state index contributed by atoms with van der Waals surface area (Å²) in [7, 11) is 0. The Hall–Kier alpha value is -6.72. The van der Waals surface area contributed by atoms with Gasteiger partial charge in [0.05, 0.1) is 5.52 Å². The fourth-order valence-corrected chi connectivity index (χ4v) is 8.04. The summed E-state index contributed by atoms with van der Waals surface area (Å²) < 4.78 is 2.29. The predicted molar refractivity (Wildman–Crippen MR) is 211 cm³/mol. The first-order valence-electron chi connectivity index (χ1n) is 17.7. The van der Waals surface area contributed by atoms with Crippen molar-refractivity contribution in [1.29, 1.82) is 0 Å². The minimum Gasteiger partial charge on any atom is -0.294 e. The van der Waals surface area contributed by atoms with E-state index in [1.165, 1.54) is 27.6 Å². The van der Waals surface area contributed by atoms with E-state index in [2.05, 4.69) is 146 Å². The first-order chi connectivity index (χ1) is 25.6. The number of pyridine rings is 1. The highest BCUT2D eigenvalue weighted by Gasteiger charge is 2.38. The van der Waals surface area contributed by atoms with Crippen molar-refractivity contribution in [3.8, 4) is 62.1 Å². The van der Waals surface area contributed by atoms with Gasteiger partial charge < -0.3 is 0 Å². The molecule has 246 valence electrons. The zero-order valence-electron chi connectivity index (χ0n) is 28.8. The second-order valence-electron chi connectivity index (χ2n) is 13.9. The molecule has 1 aliphatic carbocycles. The Balaban J connectivity index is 1.18. The smallest absolute Gasteiger partial charge is 0.164 e. The van der Waals surface area contributed by atoms with Crippen LogP contribution in [-0.2, 0) is 5.41 Å². The van der Waals surface area contributed by atoms with Gasteiger partial charge in [-0.1, -0.05) is 141 Å². The van der Waals surface area contributed by atoms with Crippen LogP contribution in [0.25, 0.3) is 84.0 Å². The molecule has 5 heteroatoms. The van der Waals surface area contributed by atoms with Gasteiger partial charge in [-0.15, -0.1) is 0 Å². The van der Waals surface area contributed by atoms with Gasteiger partial charge in [0, 0.05) is 44.8 Å². The molecule has 1 aliphatic rings. The lowest BCUT2D eigenvalue weighted by molar-refractivity contribution is 0.660. The normalized spacial score (nSPS) is 13.0. The zero-order valence-corrected chi connectivity index (χ0v) is 28.8. The highest BCUT2D eigenvalue weighted by Crippen LogP contribution is 2.52. The summed E-state index contributed by atoms with van der Waals surface area (Å²) in [5, 5.41) is 2.35. The van der Waals surface area contributed by atoms with Crippen LogP contribution in [0.1, 0.15) is 25.0 Å². The van der Waals surface area contributed by atoms with Crippen LogP contribution >= 0.6 is 0 Å². The SMILES string of the molecule is CC1(C)c2cc(-n3c4ccccc4c4cccnc43)ccc2-c2c(-c3nc(-c4ccccc4)nc(-c4ccccc4-c4ccccc4)n3)cccc21. The van der Waals surface area contributed by atoms with Crippen LogP contribution in [0.15, 0.2) is 164 Å². The Bertz CT molecular complexity index is 2760. The summed E-state index contributed by atoms with van der Waals surface area (Å²) in [6.07, 6.45) is 1.88. The molecule has 0 unspecified atom stereocenters. The molecule has 0 N–H and O–H groups in total. The molecule has 0 saturated carbocycles. The molecule has 0 radical (unpaired) electrons. The van der Waals surface area contributed by atoms with E-state index in [1.807, 2.05) is 36.5 Å². The van der Waals surface area contributed by atoms with Crippen LogP contribution in [0.2, 0.25) is 0 Å². The molecular formula is C47H33N5. The summed E-state index contributed by atoms with van der Waals surface area (Å²) in [5.74, 6) is 1.95. The van der Waals surface area contributed by atoms with E-state index in [4.69, 9.17) is 19.9 Å². The molecule has 52 heavy (non-hydrogen) atoms. The summed E-state index contributed by atoms with van der Waals surface area (Å²) >= 11 is 0. The third-order valence-corrected chi connectivity index (χ3v) is 10.5. The van der Waals surface area contributed by atoms with Gasteiger partial charge in [0.25, 0.3) is 0 Å². The fraction of sp³-hybridized carbons (Fsp3) is 0.0638. The minimum absolute atomic E-state index is 0.263. The first kappa shape index (κ1) is 30.1. The Labute approximate surface area is 302 Å². The minimum atomic E-state index is -0.263. The van der Waals surface area contributed by atoms with Gasteiger partial charge in [-0.3, -0.25) is 4.57 Å². The molecule has 3 aromatic heterocycles. The van der Waals surface area contributed by atoms with Crippen LogP contribution < -0.4 is 0 Å². The summed E-state index contributed by atoms with van der Waals surface area (Å²) in [4.78, 5) is 20.4. The number of aromatic nitrogens is 5. The quantitative estimate of drug-likeness (QED) is 0.183. The van der Waals surface area contributed by atoms with E-state index < -0.39 is 0 Å². The zero-order chi connectivity index (χ0) is 34.8. The Morgan fingerprint density at radius 2 is 1.10 bits per heavy atom. The number of rotatable bonds is 5. The van der Waals surface area contributed by atoms with E-state index in [9.17, 15) is 0 Å². The van der Waals surface area contributed by atoms with Crippen molar-refractivity contribution in [3.63, 3.8) is 0 Å². The van der Waals surface area contributed by atoms with E-state index in [0.29, 0.717) is 17.5 Å². The van der Waals surface area contributed by atoms with Gasteiger partial charge in [-0.05, 0) is 63.7 Å². The van der Waals surface area contributed by atoms with E-state index >= 15 is 0 Å². The highest BCUT2D eigenvalue weighted by atomic mass is 15.0. The summed E-state index contributed by atoms with van der Waals surface area (Å²) in [6.45, 7) is 4.64. The fourth-order valence-electron chi connectivity index (χ4n) is 8.04. The number of para-hydroxylation sites is 1. The molecule has 0 aliphatic heterocycles. The molecule has 0 fully saturated rings. The maximum atomic E-state index is 5.28. The number of hydrogen-bond acceptors (Lipinski definition) is 4. The Morgan fingerprint density at radius 1 is 0.462 bits per heavy atom. The largest absolute Gasteiger partial charge is 0.294 e. The standard InChI is InChI=1S/C47H33N5/c1-47(2)39-24-13-22-38(42(39)37-27-26-32(29-40(37)47)52-41-25-12-11-20-34(41)36-23-14-28-48-46(36)52)45-50-43(31-17-7-4-8-18-31)49-44(51-45)35-21-10-9-19-33(35)30-15-5-3-6-16-30/h3-29H,1-2H3. The lowest BCUT2D eigenvalue weighted by Gasteiger charge is -2.22. The van der Waals surface area contributed by atoms with Crippen LogP contribution in [-0.4, -0.2) is 24.5 Å². The van der Waals surface area contributed by atoms with Gasteiger partial charge in [0.1, 0.15) is 5.65 Å². The van der Waals surface area contributed by atoms with E-state index in [1.54, 1.807) is 0 Å². The average molecular weight is 668 g/mol. The average Bonchev–Trinajstić information content (AvgIpc) is 3.66. The van der Waals surface area contributed by atoms with Crippen molar-refractivity contribution in [2.75, 3.05) is 0 Å². The maximum absolute atomic E-state index is 5.28. The summed E-state index contributed by atoms with van der Waals surface area (Å²) in [6, 6.07) is 55.1. The van der Waals surface area contributed by atoms with Crippen molar-refractivity contribution in [2.24, 2.45) is 0 Å². The van der Waals surface area contributed by atoms with E-state index in [0.717, 1.165) is 50.1 Å². The monoisotopic (exact) mass is 667 g/mol. The Morgan fingerprint density at radius 3 is 1.90 bits per heavy atom.